The van der Waals surface area contributed by atoms with Crippen molar-refractivity contribution in [1.82, 2.24) is 10.6 Å². The van der Waals surface area contributed by atoms with Crippen molar-refractivity contribution in [1.29, 1.82) is 0 Å². The van der Waals surface area contributed by atoms with Crippen LogP contribution in [0.2, 0.25) is 0 Å². The van der Waals surface area contributed by atoms with Crippen LogP contribution in [-0.4, -0.2) is 42.7 Å². The normalized spacial score (nSPS) is 21.7. The molecule has 140 valence electrons. The van der Waals surface area contributed by atoms with Crippen LogP contribution in [0.25, 0.3) is 0 Å². The predicted octanol–water partition coefficient (Wildman–Crippen LogP) is 2.54. The van der Waals surface area contributed by atoms with Gasteiger partial charge in [-0.1, -0.05) is 0 Å². The number of carbonyl (C=O) groups excluding carboxylic acids is 1. The molecule has 3 rings (SSSR count). The van der Waals surface area contributed by atoms with Crippen LogP contribution in [0.15, 0.2) is 12.1 Å². The van der Waals surface area contributed by atoms with Crippen molar-refractivity contribution in [3.05, 3.63) is 23.3 Å². The van der Waals surface area contributed by atoms with Gasteiger partial charge in [-0.25, -0.2) is 0 Å². The van der Waals surface area contributed by atoms with E-state index in [9.17, 15) is 4.79 Å². The van der Waals surface area contributed by atoms with Crippen LogP contribution in [0.4, 0.5) is 0 Å². The number of halogens is 1. The van der Waals surface area contributed by atoms with Crippen molar-refractivity contribution < 1.29 is 14.3 Å². The summed E-state index contributed by atoms with van der Waals surface area (Å²) in [6.45, 7) is 6.11. The molecule has 5 nitrogen and oxygen atoms in total. The quantitative estimate of drug-likeness (QED) is 0.786. The minimum atomic E-state index is 0. The van der Waals surface area contributed by atoms with Crippen molar-refractivity contribution >= 4 is 30.1 Å². The van der Waals surface area contributed by atoms with Crippen LogP contribution in [0.1, 0.15) is 31.4 Å². The van der Waals surface area contributed by atoms with Gasteiger partial charge in [0.15, 0.2) is 0 Å². The average molecular weight is 387 g/mol. The summed E-state index contributed by atoms with van der Waals surface area (Å²) in [6.07, 6.45) is 1.64. The van der Waals surface area contributed by atoms with Crippen molar-refractivity contribution in [2.75, 3.05) is 24.7 Å². The van der Waals surface area contributed by atoms with E-state index in [0.29, 0.717) is 19.6 Å². The van der Waals surface area contributed by atoms with Crippen LogP contribution in [-0.2, 0) is 17.8 Å². The first kappa shape index (κ1) is 20.2. The molecule has 1 amide bonds. The SMILES string of the molecule is CCOc1cc2c(cc1CNC(=O)CC1CSCCN1)OC(C)C2.Cl. The number of benzene rings is 1. The molecule has 1 fully saturated rings. The molecule has 0 spiro atoms. The molecule has 1 aromatic carbocycles. The van der Waals surface area contributed by atoms with Gasteiger partial charge in [-0.05, 0) is 26.0 Å². The third-order valence-corrected chi connectivity index (χ3v) is 5.42. The predicted molar refractivity (Wildman–Crippen MR) is 104 cm³/mol. The lowest BCUT2D eigenvalue weighted by Gasteiger charge is -2.22. The Bertz CT molecular complexity index is 594. The third-order valence-electron chi connectivity index (χ3n) is 4.29. The van der Waals surface area contributed by atoms with E-state index in [0.717, 1.165) is 41.5 Å². The lowest BCUT2D eigenvalue weighted by molar-refractivity contribution is -0.121. The Hall–Kier alpha value is -1.11. The fourth-order valence-corrected chi connectivity index (χ4v) is 4.10. The second-order valence-corrected chi connectivity index (χ2v) is 7.49. The van der Waals surface area contributed by atoms with E-state index < -0.39 is 0 Å². The van der Waals surface area contributed by atoms with Crippen molar-refractivity contribution in [3.63, 3.8) is 0 Å². The van der Waals surface area contributed by atoms with Gasteiger partial charge in [0.25, 0.3) is 0 Å². The minimum absolute atomic E-state index is 0. The van der Waals surface area contributed by atoms with Crippen molar-refractivity contribution in [2.45, 2.75) is 45.4 Å². The summed E-state index contributed by atoms with van der Waals surface area (Å²) >= 11 is 1.90. The molecule has 1 saturated heterocycles. The Morgan fingerprint density at radius 2 is 2.32 bits per heavy atom. The third kappa shape index (κ3) is 5.43. The molecule has 7 heteroatoms. The highest BCUT2D eigenvalue weighted by Gasteiger charge is 2.22. The molecule has 0 saturated carbocycles. The molecule has 2 aliphatic rings. The van der Waals surface area contributed by atoms with Crippen molar-refractivity contribution in [3.8, 4) is 11.5 Å². The lowest BCUT2D eigenvalue weighted by Crippen LogP contribution is -2.41. The number of amides is 1. The van der Waals surface area contributed by atoms with E-state index in [4.69, 9.17) is 9.47 Å². The Balaban J connectivity index is 0.00000225. The van der Waals surface area contributed by atoms with Crippen LogP contribution < -0.4 is 20.1 Å². The van der Waals surface area contributed by atoms with E-state index in [1.807, 2.05) is 24.8 Å². The first-order chi connectivity index (χ1) is 11.7. The molecule has 0 radical (unpaired) electrons. The summed E-state index contributed by atoms with van der Waals surface area (Å²) < 4.78 is 11.6. The van der Waals surface area contributed by atoms with Gasteiger partial charge in [-0.2, -0.15) is 11.8 Å². The highest BCUT2D eigenvalue weighted by atomic mass is 35.5. The van der Waals surface area contributed by atoms with E-state index in [-0.39, 0.29) is 30.5 Å². The first-order valence-electron chi connectivity index (χ1n) is 8.68. The minimum Gasteiger partial charge on any atom is -0.494 e. The van der Waals surface area contributed by atoms with E-state index >= 15 is 0 Å². The zero-order valence-corrected chi connectivity index (χ0v) is 16.4. The van der Waals surface area contributed by atoms with E-state index in [1.165, 1.54) is 5.56 Å². The number of rotatable bonds is 6. The number of hydrogen-bond acceptors (Lipinski definition) is 5. The number of thioether (sulfide) groups is 1. The van der Waals surface area contributed by atoms with Gasteiger partial charge in [-0.15, -0.1) is 12.4 Å². The summed E-state index contributed by atoms with van der Waals surface area (Å²) in [5, 5.41) is 6.42. The van der Waals surface area contributed by atoms with Gasteiger partial charge >= 0.3 is 0 Å². The highest BCUT2D eigenvalue weighted by Crippen LogP contribution is 2.35. The molecule has 0 bridgehead atoms. The molecule has 0 aliphatic carbocycles. The zero-order valence-electron chi connectivity index (χ0n) is 14.8. The summed E-state index contributed by atoms with van der Waals surface area (Å²) in [6, 6.07) is 4.35. The lowest BCUT2D eigenvalue weighted by atomic mass is 10.1. The average Bonchev–Trinajstić information content (AvgIpc) is 2.93. The maximum absolute atomic E-state index is 12.2. The standard InChI is InChI=1S/C18H26N2O3S.ClH/c1-3-22-16-7-13-6-12(2)23-17(13)8-14(16)10-20-18(21)9-15-11-24-5-4-19-15;/h7-8,12,15,19H,3-6,9-11H2,1-2H3,(H,20,21);1H. The molecule has 0 aromatic heterocycles. The molecule has 2 heterocycles. The topological polar surface area (TPSA) is 59.6 Å². The van der Waals surface area contributed by atoms with Crippen LogP contribution in [0, 0.1) is 0 Å². The summed E-state index contributed by atoms with van der Waals surface area (Å²) in [7, 11) is 0. The van der Waals surface area contributed by atoms with Gasteiger partial charge in [0.1, 0.15) is 17.6 Å². The number of ether oxygens (including phenoxy) is 2. The Kier molecular flexibility index (Phi) is 7.72. The fraction of sp³-hybridized carbons (Fsp3) is 0.611. The molecule has 25 heavy (non-hydrogen) atoms. The van der Waals surface area contributed by atoms with Gasteiger partial charge in [0.05, 0.1) is 6.61 Å². The van der Waals surface area contributed by atoms with E-state index in [1.54, 1.807) is 0 Å². The van der Waals surface area contributed by atoms with Gasteiger partial charge in [-0.3, -0.25) is 4.79 Å². The smallest absolute Gasteiger partial charge is 0.221 e. The second kappa shape index (κ2) is 9.55. The molecule has 2 atom stereocenters. The van der Waals surface area contributed by atoms with Gasteiger partial charge < -0.3 is 20.1 Å². The summed E-state index contributed by atoms with van der Waals surface area (Å²) in [5.41, 5.74) is 2.16. The zero-order chi connectivity index (χ0) is 16.9. The van der Waals surface area contributed by atoms with Crippen LogP contribution >= 0.6 is 24.2 Å². The highest BCUT2D eigenvalue weighted by molar-refractivity contribution is 7.99. The fourth-order valence-electron chi connectivity index (χ4n) is 3.15. The largest absolute Gasteiger partial charge is 0.494 e. The maximum Gasteiger partial charge on any atom is 0.221 e. The van der Waals surface area contributed by atoms with Crippen LogP contribution in [0.3, 0.4) is 0 Å². The maximum atomic E-state index is 12.2. The van der Waals surface area contributed by atoms with Gasteiger partial charge in [0.2, 0.25) is 5.91 Å². The monoisotopic (exact) mass is 386 g/mol. The molecular weight excluding hydrogens is 360 g/mol. The van der Waals surface area contributed by atoms with E-state index in [2.05, 4.69) is 23.6 Å². The molecule has 1 aromatic rings. The molecule has 2 unspecified atom stereocenters. The number of hydrogen-bond donors (Lipinski definition) is 2. The summed E-state index contributed by atoms with van der Waals surface area (Å²) in [4.78, 5) is 12.2. The number of nitrogens with one attached hydrogen (secondary N) is 2. The Morgan fingerprint density at radius 1 is 1.48 bits per heavy atom. The van der Waals surface area contributed by atoms with Gasteiger partial charge in [0, 0.05) is 54.6 Å². The Labute approximate surface area is 160 Å². The second-order valence-electron chi connectivity index (χ2n) is 6.34. The number of carbonyl (C=O) groups is 1. The Morgan fingerprint density at radius 3 is 3.04 bits per heavy atom. The van der Waals surface area contributed by atoms with Crippen LogP contribution in [0.5, 0.6) is 11.5 Å². The first-order valence-corrected chi connectivity index (χ1v) is 9.84. The summed E-state index contributed by atoms with van der Waals surface area (Å²) in [5.74, 6) is 3.97. The molecule has 2 aliphatic heterocycles. The van der Waals surface area contributed by atoms with Crippen molar-refractivity contribution in [2.24, 2.45) is 0 Å². The molecular formula is C18H27ClN2O3S. The molecule has 2 N–H and O–H groups in total. The number of fused-ring (bicyclic) bond motifs is 1.